The van der Waals surface area contributed by atoms with Crippen LogP contribution in [-0.4, -0.2) is 47.1 Å². The number of piperazine rings is 1. The number of amides is 2. The molecular weight excluding hydrogens is 418 g/mol. The van der Waals surface area contributed by atoms with Gasteiger partial charge < -0.3 is 15.1 Å². The van der Waals surface area contributed by atoms with Crippen LogP contribution in [0.15, 0.2) is 71.0 Å². The molecule has 8 heteroatoms. The molecule has 1 saturated heterocycles. The van der Waals surface area contributed by atoms with Gasteiger partial charge in [0.2, 0.25) is 0 Å². The molecule has 0 unspecified atom stereocenters. The van der Waals surface area contributed by atoms with Gasteiger partial charge in [0.1, 0.15) is 0 Å². The zero-order chi connectivity index (χ0) is 20.9. The van der Waals surface area contributed by atoms with E-state index < -0.39 is 0 Å². The molecule has 0 radical (unpaired) electrons. The molecule has 2 aromatic carbocycles. The van der Waals surface area contributed by atoms with Gasteiger partial charge in [-0.05, 0) is 66.7 Å². The summed E-state index contributed by atoms with van der Waals surface area (Å²) in [4.78, 5) is 26.3. The number of aryl methyl sites for hydroxylation is 1. The molecule has 30 heavy (non-hydrogen) atoms. The van der Waals surface area contributed by atoms with Gasteiger partial charge in [-0.25, -0.2) is 14.8 Å². The van der Waals surface area contributed by atoms with Crippen molar-refractivity contribution in [2.24, 2.45) is 0 Å². The minimum Gasteiger partial charge on any atom is -0.368 e. The SMILES string of the molecule is Cc1cc(Sc2ncccn2)ccc1NC(=O)N1CCN(c2cccc(Cl)c2)CC1. The van der Waals surface area contributed by atoms with Crippen LogP contribution in [0.5, 0.6) is 0 Å². The van der Waals surface area contributed by atoms with E-state index in [4.69, 9.17) is 11.6 Å². The lowest BCUT2D eigenvalue weighted by molar-refractivity contribution is 0.208. The summed E-state index contributed by atoms with van der Waals surface area (Å²) in [6.45, 7) is 4.87. The van der Waals surface area contributed by atoms with E-state index in [1.54, 1.807) is 18.5 Å². The van der Waals surface area contributed by atoms with Crippen molar-refractivity contribution < 1.29 is 4.79 Å². The molecular formula is C22H22ClN5OS. The van der Waals surface area contributed by atoms with Crippen molar-refractivity contribution in [3.8, 4) is 0 Å². The van der Waals surface area contributed by atoms with Gasteiger partial charge in [-0.15, -0.1) is 0 Å². The number of urea groups is 1. The van der Waals surface area contributed by atoms with Crippen LogP contribution in [0.2, 0.25) is 5.02 Å². The first-order valence-corrected chi connectivity index (χ1v) is 10.9. The number of nitrogens with zero attached hydrogens (tertiary/aromatic N) is 4. The van der Waals surface area contributed by atoms with Gasteiger partial charge in [0.25, 0.3) is 0 Å². The first kappa shape index (κ1) is 20.5. The first-order chi connectivity index (χ1) is 14.6. The second-order valence-corrected chi connectivity index (χ2v) is 8.47. The van der Waals surface area contributed by atoms with Gasteiger partial charge >= 0.3 is 6.03 Å². The zero-order valence-corrected chi connectivity index (χ0v) is 18.2. The maximum atomic E-state index is 12.7. The smallest absolute Gasteiger partial charge is 0.321 e. The van der Waals surface area contributed by atoms with Gasteiger partial charge in [-0.1, -0.05) is 17.7 Å². The van der Waals surface area contributed by atoms with Crippen LogP contribution in [0, 0.1) is 6.92 Å². The van der Waals surface area contributed by atoms with E-state index in [9.17, 15) is 4.79 Å². The minimum absolute atomic E-state index is 0.0735. The van der Waals surface area contributed by atoms with E-state index in [1.807, 2.05) is 54.3 Å². The maximum Gasteiger partial charge on any atom is 0.321 e. The van der Waals surface area contributed by atoms with Gasteiger partial charge in [0.15, 0.2) is 5.16 Å². The number of carbonyl (C=O) groups is 1. The third-order valence-electron chi connectivity index (χ3n) is 4.93. The average Bonchev–Trinajstić information content (AvgIpc) is 2.76. The Balaban J connectivity index is 1.34. The lowest BCUT2D eigenvalue weighted by atomic mass is 10.2. The number of anilines is 2. The largest absolute Gasteiger partial charge is 0.368 e. The molecule has 1 fully saturated rings. The Labute approximate surface area is 185 Å². The Morgan fingerprint density at radius 2 is 1.80 bits per heavy atom. The fraction of sp³-hybridized carbons (Fsp3) is 0.227. The average molecular weight is 440 g/mol. The number of nitrogens with one attached hydrogen (secondary N) is 1. The maximum absolute atomic E-state index is 12.7. The summed E-state index contributed by atoms with van der Waals surface area (Å²) in [7, 11) is 0. The molecule has 1 aromatic heterocycles. The Morgan fingerprint density at radius 3 is 2.50 bits per heavy atom. The van der Waals surface area contributed by atoms with Crippen LogP contribution >= 0.6 is 23.4 Å². The van der Waals surface area contributed by atoms with Crippen LogP contribution in [0.25, 0.3) is 0 Å². The van der Waals surface area contributed by atoms with E-state index in [0.717, 1.165) is 39.9 Å². The Kier molecular flexibility index (Phi) is 6.40. The van der Waals surface area contributed by atoms with Crippen molar-refractivity contribution in [1.29, 1.82) is 0 Å². The monoisotopic (exact) mass is 439 g/mol. The molecule has 0 spiro atoms. The standard InChI is InChI=1S/C22H22ClN5OS/c1-16-14-19(30-21-24-8-3-9-25-21)6-7-20(16)26-22(29)28-12-10-27(11-13-28)18-5-2-4-17(23)15-18/h2-9,14-15H,10-13H2,1H3,(H,26,29). The molecule has 6 nitrogen and oxygen atoms in total. The van der Waals surface area contributed by atoms with Crippen molar-refractivity contribution in [3.63, 3.8) is 0 Å². The van der Waals surface area contributed by atoms with Gasteiger partial charge in [-0.3, -0.25) is 0 Å². The summed E-state index contributed by atoms with van der Waals surface area (Å²) < 4.78 is 0. The summed E-state index contributed by atoms with van der Waals surface area (Å²) >= 11 is 7.59. The molecule has 0 bridgehead atoms. The quantitative estimate of drug-likeness (QED) is 0.583. The molecule has 1 N–H and O–H groups in total. The summed E-state index contributed by atoms with van der Waals surface area (Å²) in [5.41, 5.74) is 2.91. The van der Waals surface area contributed by atoms with E-state index in [1.165, 1.54) is 11.8 Å². The van der Waals surface area contributed by atoms with Crippen LogP contribution < -0.4 is 10.2 Å². The molecule has 2 heterocycles. The summed E-state index contributed by atoms with van der Waals surface area (Å²) in [5, 5.41) is 4.47. The number of hydrogen-bond acceptors (Lipinski definition) is 5. The number of rotatable bonds is 4. The van der Waals surface area contributed by atoms with Crippen LogP contribution in [-0.2, 0) is 0 Å². The van der Waals surface area contributed by atoms with E-state index in [0.29, 0.717) is 18.2 Å². The van der Waals surface area contributed by atoms with E-state index >= 15 is 0 Å². The summed E-state index contributed by atoms with van der Waals surface area (Å²) in [6.07, 6.45) is 3.45. The number of halogens is 1. The number of hydrogen-bond donors (Lipinski definition) is 1. The first-order valence-electron chi connectivity index (χ1n) is 9.70. The molecule has 0 atom stereocenters. The zero-order valence-electron chi connectivity index (χ0n) is 16.6. The number of benzene rings is 2. The fourth-order valence-corrected chi connectivity index (χ4v) is 4.31. The summed E-state index contributed by atoms with van der Waals surface area (Å²) in [6, 6.07) is 15.5. The predicted molar refractivity (Wildman–Crippen MR) is 122 cm³/mol. The fourth-order valence-electron chi connectivity index (χ4n) is 3.32. The highest BCUT2D eigenvalue weighted by atomic mass is 35.5. The number of aromatic nitrogens is 2. The van der Waals surface area contributed by atoms with Gasteiger partial charge in [-0.2, -0.15) is 0 Å². The normalized spacial score (nSPS) is 13.9. The van der Waals surface area contributed by atoms with Crippen molar-refractivity contribution in [1.82, 2.24) is 14.9 Å². The van der Waals surface area contributed by atoms with Gasteiger partial charge in [0.05, 0.1) is 0 Å². The molecule has 3 aromatic rings. The van der Waals surface area contributed by atoms with Crippen LogP contribution in [0.4, 0.5) is 16.2 Å². The molecule has 0 aliphatic carbocycles. The van der Waals surface area contributed by atoms with E-state index in [2.05, 4.69) is 20.2 Å². The van der Waals surface area contributed by atoms with Crippen molar-refractivity contribution in [2.45, 2.75) is 17.0 Å². The molecule has 1 aliphatic rings. The second-order valence-electron chi connectivity index (χ2n) is 6.99. The minimum atomic E-state index is -0.0735. The highest BCUT2D eigenvalue weighted by Gasteiger charge is 2.22. The van der Waals surface area contributed by atoms with Crippen molar-refractivity contribution in [3.05, 3.63) is 71.5 Å². The lowest BCUT2D eigenvalue weighted by Gasteiger charge is -2.36. The Bertz CT molecular complexity index is 1030. The highest BCUT2D eigenvalue weighted by molar-refractivity contribution is 7.99. The third kappa shape index (κ3) is 5.04. The van der Waals surface area contributed by atoms with E-state index in [-0.39, 0.29) is 6.03 Å². The highest BCUT2D eigenvalue weighted by Crippen LogP contribution is 2.28. The van der Waals surface area contributed by atoms with Crippen molar-refractivity contribution in [2.75, 3.05) is 36.4 Å². The van der Waals surface area contributed by atoms with Gasteiger partial charge in [0, 0.05) is 59.9 Å². The van der Waals surface area contributed by atoms with Crippen LogP contribution in [0.3, 0.4) is 0 Å². The number of carbonyl (C=O) groups excluding carboxylic acids is 1. The Hall–Kier alpha value is -2.77. The second kappa shape index (κ2) is 9.36. The molecule has 2 amide bonds. The van der Waals surface area contributed by atoms with Crippen LogP contribution in [0.1, 0.15) is 5.56 Å². The molecule has 1 aliphatic heterocycles. The topological polar surface area (TPSA) is 61.4 Å². The predicted octanol–water partition coefficient (Wildman–Crippen LogP) is 4.94. The third-order valence-corrected chi connectivity index (χ3v) is 6.05. The lowest BCUT2D eigenvalue weighted by Crippen LogP contribution is -2.50. The molecule has 0 saturated carbocycles. The Morgan fingerprint density at radius 1 is 1.03 bits per heavy atom. The molecule has 4 rings (SSSR count). The van der Waals surface area contributed by atoms with Crippen molar-refractivity contribution >= 4 is 40.8 Å². The molecule has 154 valence electrons. The summed E-state index contributed by atoms with van der Waals surface area (Å²) in [5.74, 6) is 0.